The number of rotatable bonds is 6. The third-order valence-electron chi connectivity index (χ3n) is 4.65. The normalized spacial score (nSPS) is 27.0. The highest BCUT2D eigenvalue weighted by atomic mass is 16.6. The Balaban J connectivity index is 1.38. The monoisotopic (exact) mass is 334 g/mol. The van der Waals surface area contributed by atoms with Gasteiger partial charge in [0.25, 0.3) is 0 Å². The number of aliphatic hydroxyl groups excluding tert-OH is 1. The molecule has 1 N–H and O–H groups in total. The summed E-state index contributed by atoms with van der Waals surface area (Å²) in [7, 11) is 0. The van der Waals surface area contributed by atoms with Gasteiger partial charge in [0.2, 0.25) is 0 Å². The molecule has 2 heterocycles. The van der Waals surface area contributed by atoms with E-state index in [0.717, 1.165) is 38.3 Å². The number of hydrogen-bond donors (Lipinski definition) is 1. The topological polar surface area (TPSA) is 62.2 Å². The number of β-amino-alcohol motifs (C(OH)–C–C–N with tert-alkyl or cyclic N) is 1. The van der Waals surface area contributed by atoms with Crippen molar-refractivity contribution in [1.82, 2.24) is 9.80 Å². The van der Waals surface area contributed by atoms with E-state index in [9.17, 15) is 9.90 Å². The van der Waals surface area contributed by atoms with E-state index in [4.69, 9.17) is 9.47 Å². The van der Waals surface area contributed by atoms with Crippen molar-refractivity contribution in [2.24, 2.45) is 0 Å². The van der Waals surface area contributed by atoms with Gasteiger partial charge in [-0.25, -0.2) is 0 Å². The van der Waals surface area contributed by atoms with Crippen LogP contribution in [0.15, 0.2) is 30.3 Å². The Morgan fingerprint density at radius 3 is 2.58 bits per heavy atom. The molecule has 0 bridgehead atoms. The Bertz CT molecular complexity index is 531. The van der Waals surface area contributed by atoms with Crippen LogP contribution in [-0.2, 0) is 9.53 Å². The summed E-state index contributed by atoms with van der Waals surface area (Å²) in [5.41, 5.74) is 0. The highest BCUT2D eigenvalue weighted by molar-refractivity contribution is 5.78. The number of esters is 1. The minimum atomic E-state index is -0.520. The number of ether oxygens (including phenoxy) is 2. The minimum absolute atomic E-state index is 0.0255. The smallest absolute Gasteiger partial charge is 0.323 e. The lowest BCUT2D eigenvalue weighted by Gasteiger charge is -2.37. The van der Waals surface area contributed by atoms with Gasteiger partial charge in [-0.05, 0) is 19.1 Å². The first-order valence-electron chi connectivity index (χ1n) is 8.64. The molecule has 0 aliphatic carbocycles. The molecule has 0 unspecified atom stereocenters. The Morgan fingerprint density at radius 2 is 1.96 bits per heavy atom. The highest BCUT2D eigenvalue weighted by Gasteiger charge is 2.37. The first-order valence-corrected chi connectivity index (χ1v) is 8.64. The van der Waals surface area contributed by atoms with Crippen LogP contribution >= 0.6 is 0 Å². The molecule has 6 heteroatoms. The molecule has 2 fully saturated rings. The van der Waals surface area contributed by atoms with Gasteiger partial charge < -0.3 is 14.6 Å². The van der Waals surface area contributed by atoms with Gasteiger partial charge in [-0.3, -0.25) is 14.6 Å². The van der Waals surface area contributed by atoms with Gasteiger partial charge in [0.1, 0.15) is 30.6 Å². The molecule has 0 amide bonds. The van der Waals surface area contributed by atoms with Gasteiger partial charge in [0.05, 0.1) is 0 Å². The fourth-order valence-electron chi connectivity index (χ4n) is 3.35. The Labute approximate surface area is 143 Å². The SMILES string of the molecule is C[C@@H]1C[C@H](N2CCN(C[C@H](O)COc3ccccc3)CC2)C(=O)O1. The first kappa shape index (κ1) is 17.2. The molecule has 3 atom stereocenters. The number of nitrogens with zero attached hydrogens (tertiary/aromatic N) is 2. The van der Waals surface area contributed by atoms with Crippen LogP contribution in [0.1, 0.15) is 13.3 Å². The summed E-state index contributed by atoms with van der Waals surface area (Å²) in [4.78, 5) is 16.3. The minimum Gasteiger partial charge on any atom is -0.491 e. The van der Waals surface area contributed by atoms with Gasteiger partial charge >= 0.3 is 5.97 Å². The molecule has 0 spiro atoms. The molecule has 1 aromatic rings. The molecule has 24 heavy (non-hydrogen) atoms. The van der Waals surface area contributed by atoms with Crippen LogP contribution in [0, 0.1) is 0 Å². The summed E-state index contributed by atoms with van der Waals surface area (Å²) >= 11 is 0. The van der Waals surface area contributed by atoms with E-state index in [1.165, 1.54) is 0 Å². The number of para-hydroxylation sites is 1. The molecule has 0 aromatic heterocycles. The van der Waals surface area contributed by atoms with Crippen LogP contribution in [0.25, 0.3) is 0 Å². The second kappa shape index (κ2) is 7.96. The average Bonchev–Trinajstić information content (AvgIpc) is 2.93. The highest BCUT2D eigenvalue weighted by Crippen LogP contribution is 2.21. The second-order valence-corrected chi connectivity index (χ2v) is 6.61. The van der Waals surface area contributed by atoms with Crippen LogP contribution < -0.4 is 4.74 Å². The molecule has 2 aliphatic heterocycles. The van der Waals surface area contributed by atoms with Gasteiger partial charge in [-0.1, -0.05) is 18.2 Å². The van der Waals surface area contributed by atoms with E-state index in [2.05, 4.69) is 9.80 Å². The molecule has 2 aliphatic rings. The van der Waals surface area contributed by atoms with Crippen LogP contribution in [0.3, 0.4) is 0 Å². The van der Waals surface area contributed by atoms with E-state index in [1.54, 1.807) is 0 Å². The molecule has 2 saturated heterocycles. The van der Waals surface area contributed by atoms with Crippen molar-refractivity contribution in [1.29, 1.82) is 0 Å². The van der Waals surface area contributed by atoms with E-state index >= 15 is 0 Å². The fourth-order valence-corrected chi connectivity index (χ4v) is 3.35. The van der Waals surface area contributed by atoms with Crippen molar-refractivity contribution in [3.63, 3.8) is 0 Å². The zero-order valence-electron chi connectivity index (χ0n) is 14.1. The number of cyclic esters (lactones) is 1. The number of carbonyl (C=O) groups excluding carboxylic acids is 1. The molecule has 1 aromatic carbocycles. The predicted molar refractivity (Wildman–Crippen MR) is 89.9 cm³/mol. The summed E-state index contributed by atoms with van der Waals surface area (Å²) in [6, 6.07) is 9.43. The number of piperazine rings is 1. The summed E-state index contributed by atoms with van der Waals surface area (Å²) < 4.78 is 10.8. The van der Waals surface area contributed by atoms with Crippen molar-refractivity contribution in [2.45, 2.75) is 31.6 Å². The lowest BCUT2D eigenvalue weighted by Crippen LogP contribution is -2.53. The maximum atomic E-state index is 11.8. The Morgan fingerprint density at radius 1 is 1.25 bits per heavy atom. The zero-order valence-corrected chi connectivity index (χ0v) is 14.1. The van der Waals surface area contributed by atoms with E-state index < -0.39 is 6.10 Å². The number of carbonyl (C=O) groups is 1. The van der Waals surface area contributed by atoms with Gasteiger partial charge in [0, 0.05) is 39.1 Å². The van der Waals surface area contributed by atoms with Crippen molar-refractivity contribution in [3.05, 3.63) is 30.3 Å². The van der Waals surface area contributed by atoms with Crippen LogP contribution in [0.2, 0.25) is 0 Å². The van der Waals surface area contributed by atoms with Crippen LogP contribution in [0.4, 0.5) is 0 Å². The maximum absolute atomic E-state index is 11.8. The molecule has 0 radical (unpaired) electrons. The zero-order chi connectivity index (χ0) is 16.9. The number of hydrogen-bond acceptors (Lipinski definition) is 6. The summed E-state index contributed by atoms with van der Waals surface area (Å²) in [6.45, 7) is 6.18. The quantitative estimate of drug-likeness (QED) is 0.775. The molecule has 6 nitrogen and oxygen atoms in total. The molecular formula is C18H26N2O4. The standard InChI is InChI=1S/C18H26N2O4/c1-14-11-17(18(22)24-14)20-9-7-19(8-10-20)12-15(21)13-23-16-5-3-2-4-6-16/h2-6,14-15,17,21H,7-13H2,1H3/t14-,15+,17+/m1/s1. The lowest BCUT2D eigenvalue weighted by molar-refractivity contribution is -0.145. The van der Waals surface area contributed by atoms with E-state index in [-0.39, 0.29) is 24.7 Å². The van der Waals surface area contributed by atoms with Crippen molar-refractivity contribution in [2.75, 3.05) is 39.3 Å². The van der Waals surface area contributed by atoms with Gasteiger partial charge in [0.15, 0.2) is 0 Å². The third kappa shape index (κ3) is 4.47. The fraction of sp³-hybridized carbons (Fsp3) is 0.611. The third-order valence-corrected chi connectivity index (χ3v) is 4.65. The van der Waals surface area contributed by atoms with Crippen molar-refractivity contribution < 1.29 is 19.4 Å². The largest absolute Gasteiger partial charge is 0.491 e. The summed E-state index contributed by atoms with van der Waals surface area (Å²) in [5, 5.41) is 10.2. The van der Waals surface area contributed by atoms with Crippen LogP contribution in [-0.4, -0.2) is 78.5 Å². The molecule has 0 saturated carbocycles. The van der Waals surface area contributed by atoms with E-state index in [1.807, 2.05) is 37.3 Å². The predicted octanol–water partition coefficient (Wildman–Crippen LogP) is 0.748. The Hall–Kier alpha value is -1.63. The molecular weight excluding hydrogens is 308 g/mol. The van der Waals surface area contributed by atoms with Crippen LogP contribution in [0.5, 0.6) is 5.75 Å². The number of aliphatic hydroxyl groups is 1. The van der Waals surface area contributed by atoms with E-state index in [0.29, 0.717) is 6.54 Å². The molecule has 3 rings (SSSR count). The first-order chi connectivity index (χ1) is 11.6. The summed E-state index contributed by atoms with van der Waals surface area (Å²) in [5.74, 6) is 0.683. The average molecular weight is 334 g/mol. The lowest BCUT2D eigenvalue weighted by atomic mass is 10.1. The number of benzene rings is 1. The van der Waals surface area contributed by atoms with Crippen molar-refractivity contribution in [3.8, 4) is 5.75 Å². The summed E-state index contributed by atoms with van der Waals surface area (Å²) in [6.07, 6.45) is 0.289. The second-order valence-electron chi connectivity index (χ2n) is 6.61. The van der Waals surface area contributed by atoms with Crippen molar-refractivity contribution >= 4 is 5.97 Å². The van der Waals surface area contributed by atoms with Gasteiger partial charge in [-0.2, -0.15) is 0 Å². The maximum Gasteiger partial charge on any atom is 0.323 e. The Kier molecular flexibility index (Phi) is 5.71. The van der Waals surface area contributed by atoms with Gasteiger partial charge in [-0.15, -0.1) is 0 Å². The molecule has 132 valence electrons.